The molecule has 1 aromatic carbocycles. The Bertz CT molecular complexity index is 1220. The predicted octanol–water partition coefficient (Wildman–Crippen LogP) is 4.97. The van der Waals surface area contributed by atoms with Gasteiger partial charge in [-0.15, -0.1) is 6.58 Å². The lowest BCUT2D eigenvalue weighted by Gasteiger charge is -2.34. The fourth-order valence-corrected chi connectivity index (χ4v) is 4.14. The Morgan fingerprint density at radius 1 is 1.21 bits per heavy atom. The fraction of sp³-hybridized carbons (Fsp3) is 0.250. The van der Waals surface area contributed by atoms with Gasteiger partial charge < -0.3 is 14.8 Å². The SMILES string of the molecule is C=CCN(C(=O)c1ccc(C2=CCCC=C2)cn1)C(C)N(C)C(=O)Cc1cc2ccccc2[nH]1. The van der Waals surface area contributed by atoms with E-state index in [9.17, 15) is 9.59 Å². The third-order valence-electron chi connectivity index (χ3n) is 6.23. The van der Waals surface area contributed by atoms with Crippen molar-refractivity contribution in [3.8, 4) is 0 Å². The van der Waals surface area contributed by atoms with Gasteiger partial charge in [-0.1, -0.05) is 48.6 Å². The van der Waals surface area contributed by atoms with E-state index in [1.54, 1.807) is 35.2 Å². The summed E-state index contributed by atoms with van der Waals surface area (Å²) in [6, 6.07) is 13.6. The van der Waals surface area contributed by atoms with Crippen LogP contribution in [-0.4, -0.2) is 51.3 Å². The Balaban J connectivity index is 1.47. The van der Waals surface area contributed by atoms with Gasteiger partial charge in [-0.2, -0.15) is 0 Å². The van der Waals surface area contributed by atoms with E-state index < -0.39 is 6.17 Å². The third-order valence-corrected chi connectivity index (χ3v) is 6.23. The van der Waals surface area contributed by atoms with Crippen molar-refractivity contribution in [2.24, 2.45) is 0 Å². The van der Waals surface area contributed by atoms with Crippen molar-refractivity contribution in [2.45, 2.75) is 32.4 Å². The predicted molar refractivity (Wildman–Crippen MR) is 136 cm³/mol. The number of carbonyl (C=O) groups is 2. The molecule has 174 valence electrons. The zero-order valence-electron chi connectivity index (χ0n) is 19.7. The molecule has 2 heterocycles. The number of H-pyrrole nitrogens is 1. The zero-order chi connectivity index (χ0) is 24.1. The molecule has 1 aliphatic rings. The first-order valence-electron chi connectivity index (χ1n) is 11.5. The van der Waals surface area contributed by atoms with Crippen LogP contribution in [0.5, 0.6) is 0 Å². The molecule has 6 heteroatoms. The molecule has 1 unspecified atom stereocenters. The monoisotopic (exact) mass is 454 g/mol. The highest BCUT2D eigenvalue weighted by Gasteiger charge is 2.27. The average Bonchev–Trinajstić information content (AvgIpc) is 3.29. The van der Waals surface area contributed by atoms with Gasteiger partial charge in [0.15, 0.2) is 0 Å². The topological polar surface area (TPSA) is 69.3 Å². The molecule has 1 aliphatic carbocycles. The van der Waals surface area contributed by atoms with E-state index in [0.717, 1.165) is 40.6 Å². The van der Waals surface area contributed by atoms with E-state index in [4.69, 9.17) is 0 Å². The molecule has 0 radical (unpaired) electrons. The summed E-state index contributed by atoms with van der Waals surface area (Å²) in [5.41, 5.74) is 4.29. The van der Waals surface area contributed by atoms with Crippen LogP contribution in [0.25, 0.3) is 16.5 Å². The van der Waals surface area contributed by atoms with Gasteiger partial charge in [-0.3, -0.25) is 14.6 Å². The van der Waals surface area contributed by atoms with Crippen LogP contribution < -0.4 is 0 Å². The van der Waals surface area contributed by atoms with Gasteiger partial charge >= 0.3 is 0 Å². The number of aromatic nitrogens is 2. The van der Waals surface area contributed by atoms with Crippen LogP contribution in [-0.2, 0) is 11.2 Å². The van der Waals surface area contributed by atoms with E-state index in [1.807, 2.05) is 43.3 Å². The number of rotatable bonds is 8. The largest absolute Gasteiger partial charge is 0.358 e. The smallest absolute Gasteiger partial charge is 0.274 e. The number of carbonyl (C=O) groups excluding carboxylic acids is 2. The van der Waals surface area contributed by atoms with Crippen LogP contribution in [0.2, 0.25) is 0 Å². The molecule has 6 nitrogen and oxygen atoms in total. The summed E-state index contributed by atoms with van der Waals surface area (Å²) in [5, 5.41) is 1.07. The highest BCUT2D eigenvalue weighted by atomic mass is 16.2. The van der Waals surface area contributed by atoms with Gasteiger partial charge in [-0.25, -0.2) is 0 Å². The number of pyridine rings is 1. The lowest BCUT2D eigenvalue weighted by Crippen LogP contribution is -2.50. The fourth-order valence-electron chi connectivity index (χ4n) is 4.14. The number of para-hydroxylation sites is 1. The standard InChI is InChI=1S/C28H30N4O2/c1-4-16-32(28(34)26-15-14-23(19-29-26)21-10-6-5-7-11-21)20(2)31(3)27(33)18-24-17-22-12-8-9-13-25(22)30-24/h4,6,8-15,17,19-20,30H,1,5,7,16,18H2,2-3H3. The Morgan fingerprint density at radius 3 is 2.71 bits per heavy atom. The van der Waals surface area contributed by atoms with Crippen molar-refractivity contribution in [3.63, 3.8) is 0 Å². The summed E-state index contributed by atoms with van der Waals surface area (Å²) < 4.78 is 0. The van der Waals surface area contributed by atoms with E-state index in [2.05, 4.69) is 34.8 Å². The van der Waals surface area contributed by atoms with Gasteiger partial charge in [0.25, 0.3) is 5.91 Å². The van der Waals surface area contributed by atoms with Crippen LogP contribution in [0, 0.1) is 0 Å². The molecule has 0 aliphatic heterocycles. The van der Waals surface area contributed by atoms with E-state index >= 15 is 0 Å². The molecule has 2 amide bonds. The minimum absolute atomic E-state index is 0.0831. The van der Waals surface area contributed by atoms with Gasteiger partial charge in [0, 0.05) is 31.0 Å². The molecule has 4 rings (SSSR count). The van der Waals surface area contributed by atoms with Gasteiger partial charge in [0.2, 0.25) is 5.91 Å². The average molecular weight is 455 g/mol. The van der Waals surface area contributed by atoms with Crippen LogP contribution in [0.15, 0.2) is 79.5 Å². The number of aromatic amines is 1. The first-order valence-corrected chi connectivity index (χ1v) is 11.5. The third kappa shape index (κ3) is 5.01. The molecule has 0 fully saturated rings. The first kappa shape index (κ1) is 23.2. The Labute approximate surface area is 200 Å². The molecule has 0 bridgehead atoms. The molecule has 0 saturated heterocycles. The normalized spacial score (nSPS) is 13.9. The van der Waals surface area contributed by atoms with Crippen LogP contribution in [0.1, 0.15) is 41.5 Å². The molecule has 0 spiro atoms. The minimum atomic E-state index is -0.465. The van der Waals surface area contributed by atoms with Crippen molar-refractivity contribution in [2.75, 3.05) is 13.6 Å². The molecular formula is C28H30N4O2. The quantitative estimate of drug-likeness (QED) is 0.386. The molecule has 1 N–H and O–H groups in total. The highest BCUT2D eigenvalue weighted by Crippen LogP contribution is 2.21. The lowest BCUT2D eigenvalue weighted by molar-refractivity contribution is -0.133. The Kier molecular flexibility index (Phi) is 7.07. The number of hydrogen-bond donors (Lipinski definition) is 1. The van der Waals surface area contributed by atoms with Crippen molar-refractivity contribution in [3.05, 3.63) is 96.5 Å². The molecule has 0 saturated carbocycles. The van der Waals surface area contributed by atoms with Crippen molar-refractivity contribution in [1.82, 2.24) is 19.8 Å². The molecular weight excluding hydrogens is 424 g/mol. The first-order chi connectivity index (χ1) is 16.5. The number of fused-ring (bicyclic) bond motifs is 1. The number of likely N-dealkylation sites (N-methyl/N-ethyl adjacent to an activating group) is 1. The summed E-state index contributed by atoms with van der Waals surface area (Å²) in [5.74, 6) is -0.322. The van der Waals surface area contributed by atoms with Gasteiger partial charge in [-0.05, 0) is 54.5 Å². The van der Waals surface area contributed by atoms with E-state index in [-0.39, 0.29) is 18.2 Å². The second-order valence-corrected chi connectivity index (χ2v) is 8.51. The van der Waals surface area contributed by atoms with Gasteiger partial charge in [0.1, 0.15) is 11.9 Å². The molecule has 34 heavy (non-hydrogen) atoms. The van der Waals surface area contributed by atoms with Crippen molar-refractivity contribution in [1.29, 1.82) is 0 Å². The lowest BCUT2D eigenvalue weighted by atomic mass is 10.0. The minimum Gasteiger partial charge on any atom is -0.358 e. The Morgan fingerprint density at radius 2 is 2.03 bits per heavy atom. The van der Waals surface area contributed by atoms with Crippen molar-refractivity contribution >= 4 is 28.3 Å². The zero-order valence-corrected chi connectivity index (χ0v) is 19.7. The van der Waals surface area contributed by atoms with Gasteiger partial charge in [0.05, 0.1) is 6.42 Å². The van der Waals surface area contributed by atoms with Crippen LogP contribution in [0.4, 0.5) is 0 Å². The number of allylic oxidation sites excluding steroid dienone is 4. The summed E-state index contributed by atoms with van der Waals surface area (Å²) >= 11 is 0. The summed E-state index contributed by atoms with van der Waals surface area (Å²) in [4.78, 5) is 37.3. The van der Waals surface area contributed by atoms with Crippen LogP contribution >= 0.6 is 0 Å². The second-order valence-electron chi connectivity index (χ2n) is 8.51. The number of nitrogens with one attached hydrogen (secondary N) is 1. The summed E-state index contributed by atoms with van der Waals surface area (Å²) in [6.45, 7) is 5.94. The molecule has 2 aromatic heterocycles. The highest BCUT2D eigenvalue weighted by molar-refractivity contribution is 5.93. The number of benzene rings is 1. The maximum absolute atomic E-state index is 13.3. The van der Waals surface area contributed by atoms with Crippen molar-refractivity contribution < 1.29 is 9.59 Å². The Hall–Kier alpha value is -3.93. The number of amides is 2. The maximum Gasteiger partial charge on any atom is 0.274 e. The van der Waals surface area contributed by atoms with Crippen LogP contribution in [0.3, 0.4) is 0 Å². The number of hydrogen-bond acceptors (Lipinski definition) is 3. The molecule has 3 aromatic rings. The molecule has 1 atom stereocenters. The summed E-state index contributed by atoms with van der Waals surface area (Å²) in [7, 11) is 1.72. The number of nitrogens with zero attached hydrogens (tertiary/aromatic N) is 3. The van der Waals surface area contributed by atoms with E-state index in [0.29, 0.717) is 12.2 Å². The second kappa shape index (κ2) is 10.3. The summed E-state index contributed by atoms with van der Waals surface area (Å²) in [6.07, 6.45) is 11.6. The van der Waals surface area contributed by atoms with E-state index in [1.165, 1.54) is 0 Å². The maximum atomic E-state index is 13.3.